The molecule has 0 fully saturated rings. The standard InChI is InChI=1S/C18H15F3N6S.C11H9ClF3N3S/c19-18(20,21)8-27-2-1-12-14(7-27)28-17-15(12)16(24-9-25-17)26-11-3-10-4-22-6-13(10)23-5-11;12-9-8-6-1-2-18(4-11(13,14)15)3-7(6)19-10(8)17-5-16-9/h3-5,9H,1-2,6-8H2,(H,24,25,26);5H,1-4H2. The minimum Gasteiger partial charge on any atom is -0.338 e. The fourth-order valence-corrected chi connectivity index (χ4v) is 8.75. The summed E-state index contributed by atoms with van der Waals surface area (Å²) in [5.74, 6) is 0.656. The number of halogens is 7. The van der Waals surface area contributed by atoms with Gasteiger partial charge in [-0.2, -0.15) is 26.3 Å². The Morgan fingerprint density at radius 3 is 2.02 bits per heavy atom. The van der Waals surface area contributed by atoms with Gasteiger partial charge in [0.1, 0.15) is 33.3 Å². The number of anilines is 2. The lowest BCUT2D eigenvalue weighted by molar-refractivity contribution is -0.148. The Labute approximate surface area is 276 Å². The zero-order valence-corrected chi connectivity index (χ0v) is 26.7. The Balaban J connectivity index is 0.000000161. The highest BCUT2D eigenvalue weighted by molar-refractivity contribution is 7.19. The summed E-state index contributed by atoms with van der Waals surface area (Å²) in [7, 11) is 0. The van der Waals surface area contributed by atoms with Crippen molar-refractivity contribution in [2.45, 2.75) is 44.8 Å². The van der Waals surface area contributed by atoms with E-state index < -0.39 is 25.4 Å². The second kappa shape index (κ2) is 12.5. The first-order valence-corrected chi connectivity index (χ1v) is 16.4. The van der Waals surface area contributed by atoms with Gasteiger partial charge in [-0.1, -0.05) is 11.6 Å². The zero-order valence-electron chi connectivity index (χ0n) is 24.3. The average Bonchev–Trinajstić information content (AvgIpc) is 3.71. The molecule has 0 radical (unpaired) electrons. The summed E-state index contributed by atoms with van der Waals surface area (Å²) in [5, 5.41) is 5.38. The Bertz CT molecular complexity index is 1990. The van der Waals surface area contributed by atoms with Crippen molar-refractivity contribution < 1.29 is 26.3 Å². The van der Waals surface area contributed by atoms with E-state index in [1.54, 1.807) is 12.4 Å². The summed E-state index contributed by atoms with van der Waals surface area (Å²) >= 11 is 8.88. The van der Waals surface area contributed by atoms with Crippen LogP contribution in [-0.2, 0) is 32.5 Å². The number of thiophene rings is 2. The largest absolute Gasteiger partial charge is 0.401 e. The van der Waals surface area contributed by atoms with Gasteiger partial charge in [-0.25, -0.2) is 19.9 Å². The van der Waals surface area contributed by atoms with Crippen LogP contribution in [0.4, 0.5) is 37.8 Å². The molecule has 8 rings (SSSR count). The van der Waals surface area contributed by atoms with Gasteiger partial charge in [-0.05, 0) is 30.0 Å². The van der Waals surface area contributed by atoms with Crippen LogP contribution in [0.25, 0.3) is 20.4 Å². The van der Waals surface area contributed by atoms with Gasteiger partial charge in [0.25, 0.3) is 0 Å². The smallest absolute Gasteiger partial charge is 0.338 e. The predicted molar refractivity (Wildman–Crippen MR) is 169 cm³/mol. The van der Waals surface area contributed by atoms with Gasteiger partial charge in [0, 0.05) is 47.7 Å². The van der Waals surface area contributed by atoms with Crippen molar-refractivity contribution in [2.75, 3.05) is 31.5 Å². The first kappa shape index (κ1) is 32.1. The third kappa shape index (κ3) is 7.04. The van der Waals surface area contributed by atoms with Gasteiger partial charge in [-0.3, -0.25) is 19.8 Å². The summed E-state index contributed by atoms with van der Waals surface area (Å²) in [6, 6.07) is 1.97. The molecule has 246 valence electrons. The maximum absolute atomic E-state index is 12.7. The van der Waals surface area contributed by atoms with Crippen LogP contribution in [0, 0.1) is 0 Å². The molecule has 0 unspecified atom stereocenters. The van der Waals surface area contributed by atoms with Gasteiger partial charge in [-0.15, -0.1) is 22.7 Å². The predicted octanol–water partition coefficient (Wildman–Crippen LogP) is 6.95. The molecule has 0 saturated heterocycles. The van der Waals surface area contributed by atoms with Crippen LogP contribution in [0.3, 0.4) is 0 Å². The summed E-state index contributed by atoms with van der Waals surface area (Å²) < 4.78 is 75.4. The van der Waals surface area contributed by atoms with Crippen molar-refractivity contribution in [2.24, 2.45) is 4.99 Å². The molecule has 0 aromatic carbocycles. The number of hydrogen-bond donors (Lipinski definition) is 1. The quantitative estimate of drug-likeness (QED) is 0.158. The van der Waals surface area contributed by atoms with Crippen molar-refractivity contribution in [1.29, 1.82) is 0 Å². The van der Waals surface area contributed by atoms with Gasteiger partial charge in [0.15, 0.2) is 0 Å². The van der Waals surface area contributed by atoms with Crippen molar-refractivity contribution in [1.82, 2.24) is 34.7 Å². The Kier molecular flexibility index (Phi) is 8.53. The Morgan fingerprint density at radius 1 is 0.787 bits per heavy atom. The second-order valence-corrected chi connectivity index (χ2v) is 13.8. The Hall–Kier alpha value is -3.51. The first-order valence-electron chi connectivity index (χ1n) is 14.4. The first-order chi connectivity index (χ1) is 22.4. The van der Waals surface area contributed by atoms with Crippen molar-refractivity contribution in [3.8, 4) is 0 Å². The number of aliphatic imine (C=N–C) groups is 1. The molecular formula is C29H24ClF6N9S2. The van der Waals surface area contributed by atoms with E-state index in [2.05, 4.69) is 35.2 Å². The third-order valence-corrected chi connectivity index (χ3v) is 10.5. The zero-order chi connectivity index (χ0) is 32.9. The molecule has 47 heavy (non-hydrogen) atoms. The van der Waals surface area contributed by atoms with Crippen LogP contribution < -0.4 is 5.32 Å². The summed E-state index contributed by atoms with van der Waals surface area (Å²) in [5.41, 5.74) is 4.75. The number of nitrogens with zero attached hydrogens (tertiary/aromatic N) is 8. The maximum atomic E-state index is 12.7. The van der Waals surface area contributed by atoms with E-state index in [9.17, 15) is 26.3 Å². The highest BCUT2D eigenvalue weighted by atomic mass is 35.5. The average molecular weight is 712 g/mol. The summed E-state index contributed by atoms with van der Waals surface area (Å²) in [6.07, 6.45) is -0.865. The van der Waals surface area contributed by atoms with Crippen LogP contribution >= 0.6 is 34.3 Å². The van der Waals surface area contributed by atoms with Crippen LogP contribution in [0.1, 0.15) is 32.1 Å². The fraction of sp³-hybridized carbons (Fsp3) is 0.379. The summed E-state index contributed by atoms with van der Waals surface area (Å²) in [4.78, 5) is 31.6. The Morgan fingerprint density at radius 2 is 1.38 bits per heavy atom. The number of fused-ring (bicyclic) bond motifs is 7. The molecule has 0 spiro atoms. The van der Waals surface area contributed by atoms with Gasteiger partial charge < -0.3 is 5.32 Å². The molecule has 0 aliphatic carbocycles. The SMILES string of the molecule is FC(F)(F)CN1CCc2c(sc3ncnc(Cl)c23)C1.FC(F)(F)CN1CCc2c(sc3ncnc(Nc4cnc5c(c4)C=NC5)c23)C1. The van der Waals surface area contributed by atoms with Gasteiger partial charge in [0.2, 0.25) is 0 Å². The fourth-order valence-electron chi connectivity index (χ4n) is 5.98. The van der Waals surface area contributed by atoms with Gasteiger partial charge >= 0.3 is 12.4 Å². The molecule has 0 amide bonds. The molecule has 0 atom stereocenters. The second-order valence-electron chi connectivity index (χ2n) is 11.3. The van der Waals surface area contributed by atoms with E-state index in [1.165, 1.54) is 45.1 Å². The number of pyridine rings is 1. The van der Waals surface area contributed by atoms with E-state index >= 15 is 0 Å². The van der Waals surface area contributed by atoms with E-state index in [0.717, 1.165) is 58.3 Å². The molecular weight excluding hydrogens is 688 g/mol. The number of hydrogen-bond acceptors (Lipinski definition) is 11. The van der Waals surface area contributed by atoms with Crippen molar-refractivity contribution in [3.05, 3.63) is 62.2 Å². The highest BCUT2D eigenvalue weighted by Crippen LogP contribution is 2.39. The minimum atomic E-state index is -4.19. The van der Waals surface area contributed by atoms with Crippen LogP contribution in [-0.4, -0.2) is 79.5 Å². The van der Waals surface area contributed by atoms with Crippen LogP contribution in [0.2, 0.25) is 5.15 Å². The number of nitrogens with one attached hydrogen (secondary N) is 1. The lowest BCUT2D eigenvalue weighted by Gasteiger charge is -2.27. The molecule has 3 aliphatic heterocycles. The number of rotatable bonds is 4. The monoisotopic (exact) mass is 711 g/mol. The molecule has 3 aliphatic rings. The lowest BCUT2D eigenvalue weighted by Crippen LogP contribution is -2.37. The molecule has 9 nitrogen and oxygen atoms in total. The van der Waals surface area contributed by atoms with Crippen LogP contribution in [0.5, 0.6) is 0 Å². The van der Waals surface area contributed by atoms with Gasteiger partial charge in [0.05, 0.1) is 48.0 Å². The van der Waals surface area contributed by atoms with Crippen molar-refractivity contribution in [3.63, 3.8) is 0 Å². The van der Waals surface area contributed by atoms with E-state index in [4.69, 9.17) is 11.6 Å². The molecule has 5 aromatic rings. The number of alkyl halides is 6. The van der Waals surface area contributed by atoms with Crippen LogP contribution in [0.15, 0.2) is 29.9 Å². The molecule has 8 heterocycles. The highest BCUT2D eigenvalue weighted by Gasteiger charge is 2.34. The molecule has 0 saturated carbocycles. The van der Waals surface area contributed by atoms with Crippen molar-refractivity contribution >= 4 is 72.4 Å². The van der Waals surface area contributed by atoms with E-state index in [-0.39, 0.29) is 6.54 Å². The number of aromatic nitrogens is 5. The van der Waals surface area contributed by atoms with E-state index in [0.29, 0.717) is 50.0 Å². The normalized spacial score (nSPS) is 16.6. The third-order valence-electron chi connectivity index (χ3n) is 7.93. The molecule has 0 bridgehead atoms. The molecule has 1 N–H and O–H groups in total. The maximum Gasteiger partial charge on any atom is 0.401 e. The molecule has 18 heteroatoms. The summed E-state index contributed by atoms with van der Waals surface area (Å²) in [6.45, 7) is 0.158. The molecule has 5 aromatic heterocycles. The lowest BCUT2D eigenvalue weighted by atomic mass is 10.0. The topological polar surface area (TPSA) is 95.3 Å². The van der Waals surface area contributed by atoms with E-state index in [1.807, 2.05) is 6.07 Å². The minimum absolute atomic E-state index is 0.284.